The number of hydrogen-bond donors (Lipinski definition) is 0. The number of hydrogen-bond acceptors (Lipinski definition) is 5. The number of esters is 1. The Labute approximate surface area is 136 Å². The Morgan fingerprint density at radius 2 is 1.65 bits per heavy atom. The van der Waals surface area contributed by atoms with Crippen LogP contribution in [0, 0.1) is 0 Å². The Hall–Kier alpha value is -2.69. The minimum atomic E-state index is -0.489. The van der Waals surface area contributed by atoms with E-state index in [4.69, 9.17) is 18.9 Å². The molecule has 0 aromatic heterocycles. The van der Waals surface area contributed by atoms with E-state index in [1.54, 1.807) is 27.2 Å². The Balaban J connectivity index is 3.10. The molecule has 0 saturated heterocycles. The molecule has 0 aliphatic rings. The van der Waals surface area contributed by atoms with Crippen LogP contribution in [0.25, 0.3) is 6.08 Å². The van der Waals surface area contributed by atoms with Gasteiger partial charge in [-0.15, -0.1) is 0 Å². The van der Waals surface area contributed by atoms with Crippen molar-refractivity contribution in [1.82, 2.24) is 0 Å². The largest absolute Gasteiger partial charge is 0.503 e. The summed E-state index contributed by atoms with van der Waals surface area (Å²) in [5.74, 6) is 0.836. The van der Waals surface area contributed by atoms with Gasteiger partial charge in [0.2, 0.25) is 0 Å². The number of carbonyl (C=O) groups excluding carboxylic acids is 1. The van der Waals surface area contributed by atoms with Crippen molar-refractivity contribution >= 4 is 12.0 Å². The second-order valence-corrected chi connectivity index (χ2v) is 4.56. The van der Waals surface area contributed by atoms with Gasteiger partial charge in [-0.25, -0.2) is 4.79 Å². The zero-order valence-corrected chi connectivity index (χ0v) is 14.1. The highest BCUT2D eigenvalue weighted by atomic mass is 16.5. The lowest BCUT2D eigenvalue weighted by atomic mass is 10.1. The van der Waals surface area contributed by atoms with Crippen LogP contribution in [0.1, 0.15) is 12.5 Å². The van der Waals surface area contributed by atoms with Crippen molar-refractivity contribution in [3.05, 3.63) is 59.1 Å². The van der Waals surface area contributed by atoms with Crippen LogP contribution >= 0.6 is 0 Å². The predicted octanol–water partition coefficient (Wildman–Crippen LogP) is 3.33. The average molecular weight is 318 g/mol. The number of benzene rings is 1. The fourth-order valence-electron chi connectivity index (χ4n) is 1.88. The minimum absolute atomic E-state index is 0.297. The lowest BCUT2D eigenvalue weighted by Gasteiger charge is -2.10. The zero-order valence-electron chi connectivity index (χ0n) is 14.1. The summed E-state index contributed by atoms with van der Waals surface area (Å²) in [5, 5.41) is 0. The van der Waals surface area contributed by atoms with E-state index < -0.39 is 5.97 Å². The molecule has 0 atom stereocenters. The Morgan fingerprint density at radius 1 is 1.00 bits per heavy atom. The molecule has 124 valence electrons. The standard InChI is InChI=1S/C18H22O5/c1-13(16(12-20-2)18(19)23-5)17(22-4)11-8-14-6-9-15(21-3)10-7-14/h6-12H,1-5H3/b11-8+,16-12+,17-13+. The summed E-state index contributed by atoms with van der Waals surface area (Å²) in [6.07, 6.45) is 4.99. The van der Waals surface area contributed by atoms with Gasteiger partial charge >= 0.3 is 5.97 Å². The molecule has 0 aliphatic heterocycles. The molecular formula is C18H22O5. The number of rotatable bonds is 7. The molecular weight excluding hydrogens is 296 g/mol. The van der Waals surface area contributed by atoms with Crippen molar-refractivity contribution in [2.75, 3.05) is 28.4 Å². The van der Waals surface area contributed by atoms with Crippen LogP contribution in [0.2, 0.25) is 0 Å². The normalized spacial score (nSPS) is 12.7. The monoisotopic (exact) mass is 318 g/mol. The molecule has 23 heavy (non-hydrogen) atoms. The summed E-state index contributed by atoms with van der Waals surface area (Å²) in [5.41, 5.74) is 1.89. The molecule has 0 amide bonds. The summed E-state index contributed by atoms with van der Waals surface area (Å²) < 4.78 is 20.2. The molecule has 0 saturated carbocycles. The Kier molecular flexibility index (Phi) is 7.47. The maximum absolute atomic E-state index is 11.8. The van der Waals surface area contributed by atoms with Crippen LogP contribution in [0.5, 0.6) is 5.75 Å². The highest BCUT2D eigenvalue weighted by Crippen LogP contribution is 2.19. The van der Waals surface area contributed by atoms with Gasteiger partial charge in [-0.2, -0.15) is 0 Å². The topological polar surface area (TPSA) is 54.0 Å². The van der Waals surface area contributed by atoms with E-state index in [2.05, 4.69) is 0 Å². The fourth-order valence-corrected chi connectivity index (χ4v) is 1.88. The lowest BCUT2D eigenvalue weighted by molar-refractivity contribution is -0.136. The van der Waals surface area contributed by atoms with Crippen LogP contribution < -0.4 is 4.74 Å². The minimum Gasteiger partial charge on any atom is -0.503 e. The van der Waals surface area contributed by atoms with Crippen molar-refractivity contribution < 1.29 is 23.7 Å². The highest BCUT2D eigenvalue weighted by Gasteiger charge is 2.15. The van der Waals surface area contributed by atoms with Crippen LogP contribution in [-0.4, -0.2) is 34.4 Å². The lowest BCUT2D eigenvalue weighted by Crippen LogP contribution is -2.08. The first-order chi connectivity index (χ1) is 11.1. The van der Waals surface area contributed by atoms with Gasteiger partial charge in [0.15, 0.2) is 0 Å². The van der Waals surface area contributed by atoms with Crippen LogP contribution in [-0.2, 0) is 19.0 Å². The molecule has 0 unspecified atom stereocenters. The summed E-state index contributed by atoms with van der Waals surface area (Å²) in [7, 11) is 5.95. The Bertz CT molecular complexity index is 609. The summed E-state index contributed by atoms with van der Waals surface area (Å²) in [4.78, 5) is 11.8. The van der Waals surface area contributed by atoms with Gasteiger partial charge in [0.1, 0.15) is 17.1 Å². The molecule has 5 heteroatoms. The van der Waals surface area contributed by atoms with E-state index in [1.807, 2.05) is 30.3 Å². The third-order valence-electron chi connectivity index (χ3n) is 3.18. The van der Waals surface area contributed by atoms with E-state index in [9.17, 15) is 4.79 Å². The first kappa shape index (κ1) is 18.4. The third-order valence-corrected chi connectivity index (χ3v) is 3.18. The third kappa shape index (κ3) is 5.21. The quantitative estimate of drug-likeness (QED) is 0.334. The zero-order chi connectivity index (χ0) is 17.2. The molecule has 0 fully saturated rings. The number of methoxy groups -OCH3 is 4. The molecule has 0 bridgehead atoms. The van der Waals surface area contributed by atoms with E-state index in [1.165, 1.54) is 20.5 Å². The summed E-state index contributed by atoms with van der Waals surface area (Å²) >= 11 is 0. The van der Waals surface area contributed by atoms with Crippen LogP contribution in [0.4, 0.5) is 0 Å². The second-order valence-electron chi connectivity index (χ2n) is 4.56. The predicted molar refractivity (Wildman–Crippen MR) is 88.8 cm³/mol. The van der Waals surface area contributed by atoms with Crippen molar-refractivity contribution in [3.8, 4) is 5.75 Å². The van der Waals surface area contributed by atoms with Crippen molar-refractivity contribution in [2.45, 2.75) is 6.92 Å². The van der Waals surface area contributed by atoms with Gasteiger partial charge < -0.3 is 18.9 Å². The van der Waals surface area contributed by atoms with E-state index in [0.29, 0.717) is 16.9 Å². The molecule has 1 aromatic rings. The van der Waals surface area contributed by atoms with Gasteiger partial charge in [0, 0.05) is 5.57 Å². The molecule has 1 aromatic carbocycles. The highest BCUT2D eigenvalue weighted by molar-refractivity contribution is 5.93. The van der Waals surface area contributed by atoms with Crippen LogP contribution in [0.15, 0.2) is 53.5 Å². The first-order valence-electron chi connectivity index (χ1n) is 6.96. The SMILES string of the molecule is CO\C=C(C(=O)OC)/C(C)=C(\C=C\c1ccc(OC)cc1)OC. The Morgan fingerprint density at radius 3 is 2.13 bits per heavy atom. The molecule has 0 N–H and O–H groups in total. The van der Waals surface area contributed by atoms with E-state index >= 15 is 0 Å². The molecule has 1 rings (SSSR count). The molecule has 0 spiro atoms. The van der Waals surface area contributed by atoms with Gasteiger partial charge in [0.25, 0.3) is 0 Å². The van der Waals surface area contributed by atoms with Crippen molar-refractivity contribution in [1.29, 1.82) is 0 Å². The van der Waals surface area contributed by atoms with Crippen LogP contribution in [0.3, 0.4) is 0 Å². The second kappa shape index (κ2) is 9.35. The number of carbonyl (C=O) groups is 1. The first-order valence-corrected chi connectivity index (χ1v) is 6.96. The molecule has 0 heterocycles. The number of ether oxygens (including phenoxy) is 4. The average Bonchev–Trinajstić information content (AvgIpc) is 2.59. The van der Waals surface area contributed by atoms with Crippen molar-refractivity contribution in [2.24, 2.45) is 0 Å². The fraction of sp³-hybridized carbons (Fsp3) is 0.278. The summed E-state index contributed by atoms with van der Waals surface area (Å²) in [6, 6.07) is 7.58. The maximum Gasteiger partial charge on any atom is 0.341 e. The summed E-state index contributed by atoms with van der Waals surface area (Å²) in [6.45, 7) is 1.76. The van der Waals surface area contributed by atoms with Gasteiger partial charge in [-0.1, -0.05) is 18.2 Å². The van der Waals surface area contributed by atoms with E-state index in [-0.39, 0.29) is 0 Å². The van der Waals surface area contributed by atoms with Gasteiger partial charge in [-0.3, -0.25) is 0 Å². The van der Waals surface area contributed by atoms with Gasteiger partial charge in [0.05, 0.1) is 34.7 Å². The number of allylic oxidation sites excluding steroid dienone is 1. The molecule has 0 aliphatic carbocycles. The van der Waals surface area contributed by atoms with E-state index in [0.717, 1.165) is 11.3 Å². The smallest absolute Gasteiger partial charge is 0.341 e. The van der Waals surface area contributed by atoms with Crippen molar-refractivity contribution in [3.63, 3.8) is 0 Å². The molecule has 0 radical (unpaired) electrons. The molecule has 5 nitrogen and oxygen atoms in total. The maximum atomic E-state index is 11.8. The van der Waals surface area contributed by atoms with Gasteiger partial charge in [-0.05, 0) is 30.7 Å².